The van der Waals surface area contributed by atoms with Gasteiger partial charge < -0.3 is 14.4 Å². The predicted molar refractivity (Wildman–Crippen MR) is 89.8 cm³/mol. The van der Waals surface area contributed by atoms with Crippen LogP contribution in [0.3, 0.4) is 0 Å². The molecule has 7 nitrogen and oxygen atoms in total. The van der Waals surface area contributed by atoms with Crippen LogP contribution in [0.15, 0.2) is 18.7 Å². The predicted octanol–water partition coefficient (Wildman–Crippen LogP) is 2.00. The molecule has 24 heavy (non-hydrogen) atoms. The minimum Gasteiger partial charge on any atom is -0.479 e. The molecule has 0 aliphatic heterocycles. The van der Waals surface area contributed by atoms with Crippen LogP contribution < -0.4 is 9.64 Å². The molecule has 0 aromatic carbocycles. The van der Waals surface area contributed by atoms with Crippen molar-refractivity contribution in [1.82, 2.24) is 4.98 Å². The van der Waals surface area contributed by atoms with Gasteiger partial charge in [0.05, 0.1) is 24.9 Å². The lowest BCUT2D eigenvalue weighted by Crippen LogP contribution is -2.27. The number of Topliss-reactive ketones (excluding diaryl/α,β-unsaturated/α-hetero) is 1. The summed E-state index contributed by atoms with van der Waals surface area (Å²) in [6.07, 6.45) is 0.517. The van der Waals surface area contributed by atoms with Crippen molar-refractivity contribution in [3.8, 4) is 5.88 Å². The first-order valence-electron chi connectivity index (χ1n) is 7.28. The van der Waals surface area contributed by atoms with Gasteiger partial charge in [0.2, 0.25) is 12.3 Å². The first-order valence-corrected chi connectivity index (χ1v) is 7.28. The second-order valence-corrected chi connectivity index (χ2v) is 6.14. The maximum atomic E-state index is 12.1. The maximum Gasteiger partial charge on any atom is 0.340 e. The Labute approximate surface area is 141 Å². The molecule has 1 rings (SSSR count). The summed E-state index contributed by atoms with van der Waals surface area (Å²) in [4.78, 5) is 39.9. The molecule has 0 saturated carbocycles. The number of nitrogens with zero attached hydrogens (tertiary/aromatic N) is 2. The number of rotatable bonds is 7. The average Bonchev–Trinajstić information content (AvgIpc) is 2.49. The molecule has 0 atom stereocenters. The van der Waals surface area contributed by atoms with Crippen LogP contribution in [-0.4, -0.2) is 42.4 Å². The van der Waals surface area contributed by atoms with E-state index in [1.807, 2.05) is 0 Å². The topological polar surface area (TPSA) is 85.8 Å². The highest BCUT2D eigenvalue weighted by Gasteiger charge is 2.22. The van der Waals surface area contributed by atoms with E-state index >= 15 is 0 Å². The van der Waals surface area contributed by atoms with Crippen LogP contribution in [0.1, 0.15) is 33.4 Å². The van der Waals surface area contributed by atoms with Crippen LogP contribution in [0.5, 0.6) is 5.88 Å². The number of esters is 1. The summed E-state index contributed by atoms with van der Waals surface area (Å²) >= 11 is 0. The minimum atomic E-state index is -0.653. The van der Waals surface area contributed by atoms with E-state index in [-0.39, 0.29) is 29.5 Å². The number of carbonyl (C=O) groups excluding carboxylic acids is 3. The standard InChI is InChI=1S/C17H22N2O5/c1-11(21)9-19(10-20)14-8-7-13(18-15(14)23-6)12(2)16(22)24-17(3,4)5/h7-8,10H,2,9H2,1,3-6H3. The van der Waals surface area contributed by atoms with Crippen LogP contribution in [0.4, 0.5) is 5.69 Å². The van der Waals surface area contributed by atoms with Gasteiger partial charge in [-0.1, -0.05) is 6.58 Å². The lowest BCUT2D eigenvalue weighted by molar-refractivity contribution is -0.147. The van der Waals surface area contributed by atoms with Crippen molar-refractivity contribution in [2.75, 3.05) is 18.6 Å². The zero-order chi connectivity index (χ0) is 18.5. The van der Waals surface area contributed by atoms with Gasteiger partial charge in [-0.15, -0.1) is 0 Å². The summed E-state index contributed by atoms with van der Waals surface area (Å²) in [5.41, 5.74) is 0.000744. The number of methoxy groups -OCH3 is 1. The minimum absolute atomic E-state index is 0.0685. The smallest absolute Gasteiger partial charge is 0.340 e. The second kappa shape index (κ2) is 7.72. The zero-order valence-corrected chi connectivity index (χ0v) is 14.6. The van der Waals surface area contributed by atoms with Gasteiger partial charge in [0, 0.05) is 0 Å². The van der Waals surface area contributed by atoms with E-state index in [0.717, 1.165) is 0 Å². The van der Waals surface area contributed by atoms with Crippen molar-refractivity contribution in [2.45, 2.75) is 33.3 Å². The zero-order valence-electron chi connectivity index (χ0n) is 14.6. The highest BCUT2D eigenvalue weighted by atomic mass is 16.6. The number of hydrogen-bond acceptors (Lipinski definition) is 6. The van der Waals surface area contributed by atoms with Crippen molar-refractivity contribution >= 4 is 29.4 Å². The fourth-order valence-corrected chi connectivity index (χ4v) is 1.83. The molecule has 1 amide bonds. The van der Waals surface area contributed by atoms with Gasteiger partial charge in [-0.25, -0.2) is 9.78 Å². The fraction of sp³-hybridized carbons (Fsp3) is 0.412. The summed E-state index contributed by atoms with van der Waals surface area (Å²) in [5, 5.41) is 0. The second-order valence-electron chi connectivity index (χ2n) is 6.14. The number of anilines is 1. The van der Waals surface area contributed by atoms with Crippen molar-refractivity contribution in [3.63, 3.8) is 0 Å². The molecule has 0 unspecified atom stereocenters. The van der Waals surface area contributed by atoms with Gasteiger partial charge in [-0.05, 0) is 39.8 Å². The summed E-state index contributed by atoms with van der Waals surface area (Å²) in [6, 6.07) is 3.05. The van der Waals surface area contributed by atoms with E-state index < -0.39 is 11.6 Å². The third kappa shape index (κ3) is 5.19. The van der Waals surface area contributed by atoms with Gasteiger partial charge in [-0.2, -0.15) is 0 Å². The number of pyridine rings is 1. The quantitative estimate of drug-likeness (QED) is 0.431. The van der Waals surface area contributed by atoms with Gasteiger partial charge in [0.25, 0.3) is 0 Å². The molecule has 0 bridgehead atoms. The highest BCUT2D eigenvalue weighted by Crippen LogP contribution is 2.28. The normalized spacial score (nSPS) is 10.7. The molecule has 0 radical (unpaired) electrons. The first kappa shape index (κ1) is 19.3. The Kier molecular flexibility index (Phi) is 6.22. The molecule has 1 aromatic rings. The molecule has 0 aliphatic rings. The highest BCUT2D eigenvalue weighted by molar-refractivity contribution is 6.15. The molecule has 0 fully saturated rings. The number of ether oxygens (including phenoxy) is 2. The van der Waals surface area contributed by atoms with Gasteiger partial charge >= 0.3 is 5.97 Å². The largest absolute Gasteiger partial charge is 0.479 e. The first-order chi connectivity index (χ1) is 11.1. The Morgan fingerprint density at radius 1 is 1.33 bits per heavy atom. The molecule has 0 N–H and O–H groups in total. The van der Waals surface area contributed by atoms with Crippen LogP contribution in [0.25, 0.3) is 5.57 Å². The Morgan fingerprint density at radius 2 is 1.96 bits per heavy atom. The molecule has 130 valence electrons. The molecule has 0 aliphatic carbocycles. The van der Waals surface area contributed by atoms with Crippen molar-refractivity contribution in [3.05, 3.63) is 24.4 Å². The van der Waals surface area contributed by atoms with E-state index in [1.54, 1.807) is 20.8 Å². The molecule has 1 heterocycles. The van der Waals surface area contributed by atoms with Crippen molar-refractivity contribution < 1.29 is 23.9 Å². The lowest BCUT2D eigenvalue weighted by atomic mass is 10.1. The van der Waals surface area contributed by atoms with E-state index in [4.69, 9.17) is 9.47 Å². The van der Waals surface area contributed by atoms with Gasteiger partial charge in [0.1, 0.15) is 17.1 Å². The summed E-state index contributed by atoms with van der Waals surface area (Å²) in [7, 11) is 1.38. The summed E-state index contributed by atoms with van der Waals surface area (Å²) in [6.45, 7) is 10.2. The third-order valence-electron chi connectivity index (χ3n) is 2.82. The average molecular weight is 334 g/mol. The van der Waals surface area contributed by atoms with Crippen LogP contribution in [-0.2, 0) is 19.1 Å². The molecule has 0 saturated heterocycles. The summed E-state index contributed by atoms with van der Waals surface area (Å²) < 4.78 is 10.4. The molecular formula is C17H22N2O5. The lowest BCUT2D eigenvalue weighted by Gasteiger charge is -2.21. The molecule has 7 heteroatoms. The van der Waals surface area contributed by atoms with E-state index in [1.165, 1.54) is 31.1 Å². The monoisotopic (exact) mass is 334 g/mol. The number of carbonyl (C=O) groups is 3. The number of amides is 1. The molecular weight excluding hydrogens is 312 g/mol. The van der Waals surface area contributed by atoms with Crippen molar-refractivity contribution in [1.29, 1.82) is 0 Å². The SMILES string of the molecule is C=C(C(=O)OC(C)(C)C)c1ccc(N(C=O)CC(C)=O)c(OC)n1. The molecule has 1 aromatic heterocycles. The van der Waals surface area contributed by atoms with Gasteiger partial charge in [-0.3, -0.25) is 9.59 Å². The Bertz CT molecular complexity index is 661. The Hall–Kier alpha value is -2.70. The number of aromatic nitrogens is 1. The summed E-state index contributed by atoms with van der Waals surface area (Å²) in [5.74, 6) is -0.683. The van der Waals surface area contributed by atoms with Crippen molar-refractivity contribution in [2.24, 2.45) is 0 Å². The Balaban J connectivity index is 3.13. The van der Waals surface area contributed by atoms with E-state index in [2.05, 4.69) is 11.6 Å². The number of hydrogen-bond donors (Lipinski definition) is 0. The fourth-order valence-electron chi connectivity index (χ4n) is 1.83. The molecule has 0 spiro atoms. The van der Waals surface area contributed by atoms with Crippen LogP contribution in [0.2, 0.25) is 0 Å². The van der Waals surface area contributed by atoms with Crippen LogP contribution >= 0.6 is 0 Å². The van der Waals surface area contributed by atoms with Gasteiger partial charge in [0.15, 0.2) is 0 Å². The third-order valence-corrected chi connectivity index (χ3v) is 2.82. The number of ketones is 1. The van der Waals surface area contributed by atoms with Crippen LogP contribution in [0, 0.1) is 0 Å². The maximum absolute atomic E-state index is 12.1. The van der Waals surface area contributed by atoms with E-state index in [0.29, 0.717) is 12.1 Å². The Morgan fingerprint density at radius 3 is 2.42 bits per heavy atom. The van der Waals surface area contributed by atoms with E-state index in [9.17, 15) is 14.4 Å².